The minimum absolute atomic E-state index is 0.0127. The Kier molecular flexibility index (Phi) is 8.10. The van der Waals surface area contributed by atoms with Gasteiger partial charge in [-0.1, -0.05) is 53.5 Å². The van der Waals surface area contributed by atoms with Gasteiger partial charge in [-0.25, -0.2) is 14.8 Å². The van der Waals surface area contributed by atoms with Crippen LogP contribution in [0.4, 0.5) is 0 Å². The number of aromatic nitrogens is 2. The van der Waals surface area contributed by atoms with Crippen molar-refractivity contribution in [2.45, 2.75) is 26.8 Å². The van der Waals surface area contributed by atoms with Crippen molar-refractivity contribution >= 4 is 41.0 Å². The Morgan fingerprint density at radius 1 is 1.00 bits per heavy atom. The van der Waals surface area contributed by atoms with Crippen LogP contribution in [-0.2, 0) is 4.74 Å². The van der Waals surface area contributed by atoms with Gasteiger partial charge in [-0.2, -0.15) is 0 Å². The molecule has 1 aromatic heterocycles. The molecule has 1 saturated heterocycles. The molecule has 2 amide bonds. The number of benzene rings is 2. The first kappa shape index (κ1) is 26.6. The van der Waals surface area contributed by atoms with Crippen molar-refractivity contribution in [1.82, 2.24) is 19.8 Å². The number of hydrogen-bond donors (Lipinski definition) is 0. The number of ether oxygens (including phenoxy) is 1. The second-order valence-electron chi connectivity index (χ2n) is 8.66. The standard InChI is InChI=1S/C27H26Cl2N4O4/c1-4-37-27(36)22-23(18-8-6-5-7-9-18)30-17(3)31-24(22)26(35)32-12-13-33(16(2)15-32)25(34)19-10-11-20(28)21(29)14-19/h5-11,14,16H,4,12-13,15H2,1-3H3. The lowest BCUT2D eigenvalue weighted by atomic mass is 10.0. The predicted octanol–water partition coefficient (Wildman–Crippen LogP) is 4.92. The van der Waals surface area contributed by atoms with Crippen molar-refractivity contribution in [3.05, 3.63) is 81.2 Å². The molecule has 0 N–H and O–H groups in total. The van der Waals surface area contributed by atoms with Gasteiger partial charge in [-0.15, -0.1) is 0 Å². The number of esters is 1. The maximum atomic E-state index is 13.7. The zero-order valence-corrected chi connectivity index (χ0v) is 22.2. The highest BCUT2D eigenvalue weighted by atomic mass is 35.5. The molecule has 4 rings (SSSR count). The first-order valence-corrected chi connectivity index (χ1v) is 12.6. The molecule has 0 saturated carbocycles. The monoisotopic (exact) mass is 540 g/mol. The van der Waals surface area contributed by atoms with E-state index < -0.39 is 11.9 Å². The van der Waals surface area contributed by atoms with Crippen LogP contribution >= 0.6 is 23.2 Å². The van der Waals surface area contributed by atoms with E-state index in [4.69, 9.17) is 27.9 Å². The fourth-order valence-electron chi connectivity index (χ4n) is 4.32. The van der Waals surface area contributed by atoms with Crippen molar-refractivity contribution in [2.75, 3.05) is 26.2 Å². The Bertz CT molecular complexity index is 1350. The molecule has 2 aromatic carbocycles. The second-order valence-corrected chi connectivity index (χ2v) is 9.47. The van der Waals surface area contributed by atoms with Crippen LogP contribution in [0, 0.1) is 6.92 Å². The number of piperazine rings is 1. The summed E-state index contributed by atoms with van der Waals surface area (Å²) >= 11 is 12.1. The molecule has 8 nitrogen and oxygen atoms in total. The maximum Gasteiger partial charge on any atom is 0.342 e. The van der Waals surface area contributed by atoms with Crippen molar-refractivity contribution in [2.24, 2.45) is 0 Å². The average molecular weight is 541 g/mol. The van der Waals surface area contributed by atoms with Gasteiger partial charge < -0.3 is 14.5 Å². The Hall–Kier alpha value is -3.49. The third-order valence-electron chi connectivity index (χ3n) is 6.09. The van der Waals surface area contributed by atoms with Crippen LogP contribution < -0.4 is 0 Å². The molecule has 1 fully saturated rings. The zero-order valence-electron chi connectivity index (χ0n) is 20.7. The molecule has 1 atom stereocenters. The summed E-state index contributed by atoms with van der Waals surface area (Å²) in [6.07, 6.45) is 0. The van der Waals surface area contributed by atoms with E-state index in [1.807, 2.05) is 37.3 Å². The summed E-state index contributed by atoms with van der Waals surface area (Å²) in [5.74, 6) is -0.920. The highest BCUT2D eigenvalue weighted by Gasteiger charge is 2.34. The summed E-state index contributed by atoms with van der Waals surface area (Å²) in [6, 6.07) is 13.6. The van der Waals surface area contributed by atoms with Gasteiger partial charge >= 0.3 is 5.97 Å². The van der Waals surface area contributed by atoms with Crippen LogP contribution in [0.3, 0.4) is 0 Å². The van der Waals surface area contributed by atoms with Gasteiger partial charge in [0, 0.05) is 36.8 Å². The topological polar surface area (TPSA) is 92.7 Å². The number of amides is 2. The molecule has 2 heterocycles. The van der Waals surface area contributed by atoms with E-state index in [1.165, 1.54) is 6.07 Å². The Morgan fingerprint density at radius 2 is 1.73 bits per heavy atom. The molecule has 1 aliphatic heterocycles. The van der Waals surface area contributed by atoms with Crippen LogP contribution in [0.25, 0.3) is 11.3 Å². The highest BCUT2D eigenvalue weighted by molar-refractivity contribution is 6.42. The Balaban J connectivity index is 1.63. The molecule has 0 spiro atoms. The predicted molar refractivity (Wildman–Crippen MR) is 141 cm³/mol. The maximum absolute atomic E-state index is 13.7. The van der Waals surface area contributed by atoms with Crippen LogP contribution in [0.1, 0.15) is 50.9 Å². The number of hydrogen-bond acceptors (Lipinski definition) is 6. The number of aryl methyl sites for hydroxylation is 1. The van der Waals surface area contributed by atoms with Gasteiger partial charge in [-0.05, 0) is 39.0 Å². The fraction of sp³-hybridized carbons (Fsp3) is 0.296. The van der Waals surface area contributed by atoms with Gasteiger partial charge in [0.25, 0.3) is 11.8 Å². The van der Waals surface area contributed by atoms with E-state index in [9.17, 15) is 14.4 Å². The van der Waals surface area contributed by atoms with E-state index in [-0.39, 0.29) is 42.9 Å². The summed E-state index contributed by atoms with van der Waals surface area (Å²) in [5, 5.41) is 0.669. The zero-order chi connectivity index (χ0) is 26.7. The summed E-state index contributed by atoms with van der Waals surface area (Å²) in [5.41, 5.74) is 1.46. The average Bonchev–Trinajstić information content (AvgIpc) is 2.89. The van der Waals surface area contributed by atoms with E-state index in [0.29, 0.717) is 39.2 Å². The van der Waals surface area contributed by atoms with Gasteiger partial charge in [0.1, 0.15) is 17.1 Å². The molecule has 0 aliphatic carbocycles. The third-order valence-corrected chi connectivity index (χ3v) is 6.83. The molecular formula is C27H26Cl2N4O4. The lowest BCUT2D eigenvalue weighted by Gasteiger charge is -2.40. The first-order chi connectivity index (χ1) is 17.7. The molecule has 3 aromatic rings. The highest BCUT2D eigenvalue weighted by Crippen LogP contribution is 2.27. The molecule has 37 heavy (non-hydrogen) atoms. The lowest BCUT2D eigenvalue weighted by molar-refractivity contribution is 0.0406. The third kappa shape index (κ3) is 5.60. The summed E-state index contributed by atoms with van der Waals surface area (Å²) in [4.78, 5) is 52.0. The molecule has 192 valence electrons. The second kappa shape index (κ2) is 11.3. The van der Waals surface area contributed by atoms with E-state index in [1.54, 1.807) is 35.8 Å². The SMILES string of the molecule is CCOC(=O)c1c(C(=O)N2CCN(C(=O)c3ccc(Cl)c(Cl)c3)C(C)C2)nc(C)nc1-c1ccccc1. The van der Waals surface area contributed by atoms with Gasteiger partial charge in [0.05, 0.1) is 22.3 Å². The van der Waals surface area contributed by atoms with Gasteiger partial charge in [0.2, 0.25) is 0 Å². The minimum atomic E-state index is -0.661. The van der Waals surface area contributed by atoms with Crippen molar-refractivity contribution in [3.8, 4) is 11.3 Å². The quantitative estimate of drug-likeness (QED) is 0.426. The summed E-state index contributed by atoms with van der Waals surface area (Å²) in [7, 11) is 0. The van der Waals surface area contributed by atoms with E-state index in [0.717, 1.165) is 0 Å². The largest absolute Gasteiger partial charge is 0.462 e. The molecule has 0 radical (unpaired) electrons. The van der Waals surface area contributed by atoms with E-state index in [2.05, 4.69) is 9.97 Å². The smallest absolute Gasteiger partial charge is 0.342 e. The number of carbonyl (C=O) groups excluding carboxylic acids is 3. The summed E-state index contributed by atoms with van der Waals surface area (Å²) in [6.45, 7) is 6.20. The number of nitrogens with zero attached hydrogens (tertiary/aromatic N) is 4. The summed E-state index contributed by atoms with van der Waals surface area (Å²) < 4.78 is 5.28. The van der Waals surface area contributed by atoms with Crippen molar-refractivity contribution in [1.29, 1.82) is 0 Å². The minimum Gasteiger partial charge on any atom is -0.462 e. The van der Waals surface area contributed by atoms with Crippen LogP contribution in [0.5, 0.6) is 0 Å². The van der Waals surface area contributed by atoms with Gasteiger partial charge in [0.15, 0.2) is 0 Å². The lowest BCUT2D eigenvalue weighted by Crippen LogP contribution is -2.55. The number of rotatable bonds is 5. The first-order valence-electron chi connectivity index (χ1n) is 11.9. The normalized spacial score (nSPS) is 15.4. The number of halogens is 2. The molecule has 0 bridgehead atoms. The fourth-order valence-corrected chi connectivity index (χ4v) is 4.62. The van der Waals surface area contributed by atoms with Crippen molar-refractivity contribution < 1.29 is 19.1 Å². The van der Waals surface area contributed by atoms with Gasteiger partial charge in [-0.3, -0.25) is 9.59 Å². The Morgan fingerprint density at radius 3 is 2.38 bits per heavy atom. The molecule has 1 unspecified atom stereocenters. The van der Waals surface area contributed by atoms with Crippen LogP contribution in [0.15, 0.2) is 48.5 Å². The Labute approximate surface area is 225 Å². The number of carbonyl (C=O) groups is 3. The molecule has 10 heteroatoms. The molecular weight excluding hydrogens is 515 g/mol. The van der Waals surface area contributed by atoms with Crippen LogP contribution in [-0.4, -0.2) is 69.8 Å². The molecule has 1 aliphatic rings. The van der Waals surface area contributed by atoms with Crippen molar-refractivity contribution in [3.63, 3.8) is 0 Å². The van der Waals surface area contributed by atoms with Crippen LogP contribution in [0.2, 0.25) is 10.0 Å². The van der Waals surface area contributed by atoms with E-state index >= 15 is 0 Å².